The van der Waals surface area contributed by atoms with Crippen LogP contribution < -0.4 is 15.7 Å². The van der Waals surface area contributed by atoms with Crippen LogP contribution in [0.25, 0.3) is 11.0 Å². The van der Waals surface area contributed by atoms with Gasteiger partial charge in [0, 0.05) is 11.5 Å². The van der Waals surface area contributed by atoms with Crippen molar-refractivity contribution >= 4 is 23.0 Å². The number of ether oxygens (including phenoxy) is 2. The monoisotopic (exact) mass is 381 g/mol. The maximum Gasteiger partial charge on any atom is 0.408 e. The highest BCUT2D eigenvalue weighted by atomic mass is 16.6. The maximum absolute atomic E-state index is 12.2. The summed E-state index contributed by atoms with van der Waals surface area (Å²) in [7, 11) is 0. The predicted octanol–water partition coefficient (Wildman–Crippen LogP) is 3.32. The van der Waals surface area contributed by atoms with E-state index >= 15 is 0 Å². The minimum absolute atomic E-state index is 0.101. The SMILES string of the molecule is Cc1cc(=O)oc2ccc(OC(=O)C(C)NC(=O)OCc3ccccc3)cc12. The molecule has 3 rings (SSSR count). The Morgan fingerprint density at radius 3 is 2.61 bits per heavy atom. The number of benzene rings is 2. The Hall–Kier alpha value is -3.61. The highest BCUT2D eigenvalue weighted by Crippen LogP contribution is 2.22. The van der Waals surface area contributed by atoms with Crippen LogP contribution in [0, 0.1) is 6.92 Å². The van der Waals surface area contributed by atoms with Crippen molar-refractivity contribution in [1.29, 1.82) is 0 Å². The quantitative estimate of drug-likeness (QED) is 0.414. The molecule has 0 radical (unpaired) electrons. The van der Waals surface area contributed by atoms with Crippen LogP contribution in [0.3, 0.4) is 0 Å². The number of alkyl carbamates (subject to hydrolysis) is 1. The van der Waals surface area contributed by atoms with Crippen molar-refractivity contribution in [2.45, 2.75) is 26.5 Å². The first-order valence-corrected chi connectivity index (χ1v) is 8.66. The number of rotatable bonds is 5. The van der Waals surface area contributed by atoms with Crippen molar-refractivity contribution in [3.05, 3.63) is 76.1 Å². The Morgan fingerprint density at radius 1 is 1.11 bits per heavy atom. The largest absolute Gasteiger partial charge is 0.445 e. The standard InChI is InChI=1S/C21H19NO6/c1-13-10-19(23)28-18-9-8-16(11-17(13)18)27-20(24)14(2)22-21(25)26-12-15-6-4-3-5-7-15/h3-11,14H,12H2,1-2H3,(H,22,25). The van der Waals surface area contributed by atoms with Gasteiger partial charge in [-0.05, 0) is 43.2 Å². The zero-order valence-corrected chi connectivity index (χ0v) is 15.4. The van der Waals surface area contributed by atoms with Gasteiger partial charge in [-0.25, -0.2) is 14.4 Å². The molecule has 144 valence electrons. The molecular weight excluding hydrogens is 362 g/mol. The lowest BCUT2D eigenvalue weighted by Gasteiger charge is -2.14. The average molecular weight is 381 g/mol. The highest BCUT2D eigenvalue weighted by Gasteiger charge is 2.19. The molecule has 0 bridgehead atoms. The molecule has 1 amide bonds. The zero-order chi connectivity index (χ0) is 20.1. The minimum atomic E-state index is -0.909. The van der Waals surface area contributed by atoms with Gasteiger partial charge in [-0.15, -0.1) is 0 Å². The van der Waals surface area contributed by atoms with E-state index in [4.69, 9.17) is 13.9 Å². The number of hydrogen-bond acceptors (Lipinski definition) is 6. The van der Waals surface area contributed by atoms with Gasteiger partial charge in [-0.2, -0.15) is 0 Å². The fourth-order valence-corrected chi connectivity index (χ4v) is 2.57. The third kappa shape index (κ3) is 4.76. The fourth-order valence-electron chi connectivity index (χ4n) is 2.57. The van der Waals surface area contributed by atoms with Gasteiger partial charge in [-0.3, -0.25) is 0 Å². The number of carbonyl (C=O) groups excluding carboxylic acids is 2. The van der Waals surface area contributed by atoms with E-state index in [2.05, 4.69) is 5.32 Å². The molecule has 1 aromatic heterocycles. The first-order valence-electron chi connectivity index (χ1n) is 8.66. The van der Waals surface area contributed by atoms with E-state index < -0.39 is 23.7 Å². The molecule has 0 spiro atoms. The second kappa shape index (κ2) is 8.39. The lowest BCUT2D eigenvalue weighted by atomic mass is 10.1. The number of amides is 1. The first kappa shape index (κ1) is 19.2. The molecule has 0 aliphatic heterocycles. The van der Waals surface area contributed by atoms with Gasteiger partial charge in [0.15, 0.2) is 0 Å². The molecule has 1 heterocycles. The second-order valence-corrected chi connectivity index (χ2v) is 6.26. The summed E-state index contributed by atoms with van der Waals surface area (Å²) in [5.41, 5.74) is 1.51. The molecule has 0 fully saturated rings. The number of fused-ring (bicyclic) bond motifs is 1. The van der Waals surface area contributed by atoms with E-state index in [0.717, 1.165) is 5.56 Å². The summed E-state index contributed by atoms with van der Waals surface area (Å²) < 4.78 is 15.5. The van der Waals surface area contributed by atoms with E-state index in [1.54, 1.807) is 19.1 Å². The number of carbonyl (C=O) groups is 2. The Bertz CT molecular complexity index is 1060. The highest BCUT2D eigenvalue weighted by molar-refractivity contribution is 5.85. The van der Waals surface area contributed by atoms with Crippen LogP contribution in [-0.2, 0) is 16.1 Å². The van der Waals surface area contributed by atoms with Gasteiger partial charge in [0.2, 0.25) is 0 Å². The lowest BCUT2D eigenvalue weighted by molar-refractivity contribution is -0.136. The van der Waals surface area contributed by atoms with Crippen LogP contribution in [0.15, 0.2) is 63.8 Å². The van der Waals surface area contributed by atoms with Crippen LogP contribution in [0.5, 0.6) is 5.75 Å². The topological polar surface area (TPSA) is 94.8 Å². The van der Waals surface area contributed by atoms with Crippen molar-refractivity contribution in [2.75, 3.05) is 0 Å². The molecule has 0 aliphatic carbocycles. The molecular formula is C21H19NO6. The molecule has 1 atom stereocenters. The number of aryl methyl sites for hydroxylation is 1. The van der Waals surface area contributed by atoms with Gasteiger partial charge in [0.1, 0.15) is 24.0 Å². The Labute approximate surface area is 160 Å². The second-order valence-electron chi connectivity index (χ2n) is 6.26. The van der Waals surface area contributed by atoms with Gasteiger partial charge in [0.05, 0.1) is 0 Å². The van der Waals surface area contributed by atoms with E-state index in [0.29, 0.717) is 16.5 Å². The molecule has 1 N–H and O–H groups in total. The summed E-state index contributed by atoms with van der Waals surface area (Å²) >= 11 is 0. The molecule has 0 aliphatic rings. The summed E-state index contributed by atoms with van der Waals surface area (Å²) in [5.74, 6) is -0.369. The van der Waals surface area contributed by atoms with Crippen molar-refractivity contribution in [3.63, 3.8) is 0 Å². The van der Waals surface area contributed by atoms with Crippen molar-refractivity contribution in [3.8, 4) is 5.75 Å². The van der Waals surface area contributed by atoms with Crippen LogP contribution in [-0.4, -0.2) is 18.1 Å². The summed E-state index contributed by atoms with van der Waals surface area (Å²) in [6, 6.07) is 14.3. The smallest absolute Gasteiger partial charge is 0.408 e. The number of nitrogens with one attached hydrogen (secondary N) is 1. The zero-order valence-electron chi connectivity index (χ0n) is 15.4. The van der Waals surface area contributed by atoms with Gasteiger partial charge >= 0.3 is 17.7 Å². The summed E-state index contributed by atoms with van der Waals surface area (Å²) in [4.78, 5) is 35.5. The molecule has 0 saturated heterocycles. The Kier molecular flexibility index (Phi) is 5.74. The third-order valence-corrected chi connectivity index (χ3v) is 4.04. The summed E-state index contributed by atoms with van der Waals surface area (Å²) in [6.45, 7) is 3.36. The average Bonchev–Trinajstić information content (AvgIpc) is 2.67. The van der Waals surface area contributed by atoms with Gasteiger partial charge in [0.25, 0.3) is 0 Å². The molecule has 2 aromatic carbocycles. The normalized spacial score (nSPS) is 11.6. The van der Waals surface area contributed by atoms with Crippen LogP contribution in [0.4, 0.5) is 4.79 Å². The minimum Gasteiger partial charge on any atom is -0.445 e. The van der Waals surface area contributed by atoms with E-state index in [1.165, 1.54) is 19.1 Å². The maximum atomic E-state index is 12.2. The van der Waals surface area contributed by atoms with E-state index in [-0.39, 0.29) is 12.4 Å². The van der Waals surface area contributed by atoms with E-state index in [9.17, 15) is 14.4 Å². The molecule has 28 heavy (non-hydrogen) atoms. The van der Waals surface area contributed by atoms with Crippen molar-refractivity contribution in [2.24, 2.45) is 0 Å². The number of esters is 1. The molecule has 7 nitrogen and oxygen atoms in total. The fraction of sp³-hybridized carbons (Fsp3) is 0.190. The van der Waals surface area contributed by atoms with E-state index in [1.807, 2.05) is 30.3 Å². The molecule has 1 unspecified atom stereocenters. The number of hydrogen-bond donors (Lipinski definition) is 1. The lowest BCUT2D eigenvalue weighted by Crippen LogP contribution is -2.41. The molecule has 3 aromatic rings. The Balaban J connectivity index is 1.58. The van der Waals surface area contributed by atoms with Crippen LogP contribution in [0.1, 0.15) is 18.1 Å². The Morgan fingerprint density at radius 2 is 1.86 bits per heavy atom. The van der Waals surface area contributed by atoms with Crippen LogP contribution in [0.2, 0.25) is 0 Å². The van der Waals surface area contributed by atoms with Crippen molar-refractivity contribution in [1.82, 2.24) is 5.32 Å². The van der Waals surface area contributed by atoms with Gasteiger partial charge < -0.3 is 19.2 Å². The summed E-state index contributed by atoms with van der Waals surface area (Å²) in [6.07, 6.45) is -0.718. The van der Waals surface area contributed by atoms with Gasteiger partial charge in [-0.1, -0.05) is 30.3 Å². The molecule has 7 heteroatoms. The predicted molar refractivity (Wildman–Crippen MR) is 102 cm³/mol. The third-order valence-electron chi connectivity index (χ3n) is 4.04. The van der Waals surface area contributed by atoms with Crippen molar-refractivity contribution < 1.29 is 23.5 Å². The first-order chi connectivity index (χ1) is 13.4. The summed E-state index contributed by atoms with van der Waals surface area (Å²) in [5, 5.41) is 3.09. The molecule has 0 saturated carbocycles. The van der Waals surface area contributed by atoms with Crippen LogP contribution >= 0.6 is 0 Å².